The number of methoxy groups -OCH3 is 1. The first-order valence-corrected chi connectivity index (χ1v) is 10.9. The SMILES string of the molecule is COc1ccc(/C=C/C(=O)Oc2ccc3cc(C(=O)NC(C)c4ccccc4)c(=O)oc3c2)cc1. The van der Waals surface area contributed by atoms with Gasteiger partial charge in [-0.2, -0.15) is 0 Å². The molecule has 1 amide bonds. The van der Waals surface area contributed by atoms with E-state index in [-0.39, 0.29) is 22.9 Å². The van der Waals surface area contributed by atoms with Crippen molar-refractivity contribution in [1.82, 2.24) is 5.32 Å². The summed E-state index contributed by atoms with van der Waals surface area (Å²) in [5.74, 6) is -0.196. The lowest BCUT2D eigenvalue weighted by molar-refractivity contribution is -0.128. The number of rotatable bonds is 7. The molecule has 4 rings (SSSR count). The van der Waals surface area contributed by atoms with Crippen LogP contribution in [0.1, 0.15) is 34.5 Å². The van der Waals surface area contributed by atoms with Gasteiger partial charge in [-0.25, -0.2) is 9.59 Å². The minimum atomic E-state index is -0.780. The van der Waals surface area contributed by atoms with Crippen molar-refractivity contribution in [2.24, 2.45) is 0 Å². The molecule has 1 aromatic heterocycles. The Labute approximate surface area is 201 Å². The predicted molar refractivity (Wildman–Crippen MR) is 132 cm³/mol. The Bertz CT molecular complexity index is 1440. The number of ether oxygens (including phenoxy) is 2. The third kappa shape index (κ3) is 5.83. The van der Waals surface area contributed by atoms with E-state index in [2.05, 4.69) is 5.32 Å². The molecule has 3 aromatic carbocycles. The Morgan fingerprint density at radius 1 is 0.943 bits per heavy atom. The molecule has 35 heavy (non-hydrogen) atoms. The van der Waals surface area contributed by atoms with Gasteiger partial charge in [0.25, 0.3) is 5.91 Å². The summed E-state index contributed by atoms with van der Waals surface area (Å²) < 4.78 is 15.8. The average molecular weight is 469 g/mol. The molecule has 0 saturated heterocycles. The van der Waals surface area contributed by atoms with Gasteiger partial charge in [0.05, 0.1) is 13.2 Å². The van der Waals surface area contributed by atoms with E-state index in [1.807, 2.05) is 49.4 Å². The van der Waals surface area contributed by atoms with Crippen LogP contribution < -0.4 is 20.4 Å². The van der Waals surface area contributed by atoms with E-state index in [1.165, 1.54) is 18.2 Å². The summed E-state index contributed by atoms with van der Waals surface area (Å²) in [5, 5.41) is 3.33. The van der Waals surface area contributed by atoms with E-state index in [1.54, 1.807) is 37.5 Å². The molecule has 1 N–H and O–H groups in total. The molecule has 1 atom stereocenters. The van der Waals surface area contributed by atoms with Gasteiger partial charge in [0.2, 0.25) is 0 Å². The first-order chi connectivity index (χ1) is 16.9. The summed E-state index contributed by atoms with van der Waals surface area (Å²) in [6, 6.07) is 22.4. The van der Waals surface area contributed by atoms with Crippen LogP contribution in [0, 0.1) is 0 Å². The lowest BCUT2D eigenvalue weighted by Gasteiger charge is -2.14. The summed E-state index contributed by atoms with van der Waals surface area (Å²) in [6.07, 6.45) is 2.91. The van der Waals surface area contributed by atoms with E-state index < -0.39 is 17.5 Å². The molecule has 0 aliphatic rings. The highest BCUT2D eigenvalue weighted by molar-refractivity contribution is 5.97. The van der Waals surface area contributed by atoms with Crippen LogP contribution in [0.3, 0.4) is 0 Å². The smallest absolute Gasteiger partial charge is 0.349 e. The highest BCUT2D eigenvalue weighted by Crippen LogP contribution is 2.21. The van der Waals surface area contributed by atoms with Gasteiger partial charge in [-0.05, 0) is 54.5 Å². The maximum atomic E-state index is 12.7. The van der Waals surface area contributed by atoms with Gasteiger partial charge < -0.3 is 19.2 Å². The van der Waals surface area contributed by atoms with Crippen LogP contribution in [0.5, 0.6) is 11.5 Å². The van der Waals surface area contributed by atoms with Gasteiger partial charge >= 0.3 is 11.6 Å². The van der Waals surface area contributed by atoms with E-state index >= 15 is 0 Å². The second-order valence-corrected chi connectivity index (χ2v) is 7.78. The lowest BCUT2D eigenvalue weighted by Crippen LogP contribution is -2.30. The minimum absolute atomic E-state index is 0.104. The Morgan fingerprint density at radius 2 is 1.66 bits per heavy atom. The maximum Gasteiger partial charge on any atom is 0.349 e. The fourth-order valence-corrected chi connectivity index (χ4v) is 3.44. The summed E-state index contributed by atoms with van der Waals surface area (Å²) >= 11 is 0. The van der Waals surface area contributed by atoms with Crippen molar-refractivity contribution < 1.29 is 23.5 Å². The number of amides is 1. The summed E-state index contributed by atoms with van der Waals surface area (Å²) in [4.78, 5) is 37.3. The van der Waals surface area contributed by atoms with E-state index in [9.17, 15) is 14.4 Å². The van der Waals surface area contributed by atoms with E-state index in [4.69, 9.17) is 13.9 Å². The topological polar surface area (TPSA) is 94.8 Å². The molecular weight excluding hydrogens is 446 g/mol. The van der Waals surface area contributed by atoms with Crippen LogP contribution in [0.4, 0.5) is 0 Å². The normalized spacial score (nSPS) is 11.8. The molecule has 0 bridgehead atoms. The van der Waals surface area contributed by atoms with Crippen molar-refractivity contribution >= 4 is 28.9 Å². The number of esters is 1. The standard InChI is InChI=1S/C28H23NO6/c1-18(20-6-4-3-5-7-20)29-27(31)24-16-21-11-14-23(17-25(21)35-28(24)32)34-26(30)15-10-19-8-12-22(33-2)13-9-19/h3-18H,1-2H3,(H,29,31)/b15-10+. The zero-order valence-electron chi connectivity index (χ0n) is 19.2. The molecule has 0 radical (unpaired) electrons. The van der Waals surface area contributed by atoms with Gasteiger partial charge in [-0.15, -0.1) is 0 Å². The van der Waals surface area contributed by atoms with Gasteiger partial charge in [-0.1, -0.05) is 42.5 Å². The third-order valence-corrected chi connectivity index (χ3v) is 5.35. The summed E-state index contributed by atoms with van der Waals surface area (Å²) in [5.41, 5.74) is 1.04. The third-order valence-electron chi connectivity index (χ3n) is 5.35. The quantitative estimate of drug-likeness (QED) is 0.179. The summed E-state index contributed by atoms with van der Waals surface area (Å²) in [6.45, 7) is 1.83. The van der Waals surface area contributed by atoms with Gasteiger partial charge in [0.15, 0.2) is 0 Å². The molecule has 7 heteroatoms. The molecular formula is C28H23NO6. The first-order valence-electron chi connectivity index (χ1n) is 10.9. The van der Waals surface area contributed by atoms with Crippen LogP contribution in [-0.2, 0) is 4.79 Å². The number of nitrogens with one attached hydrogen (secondary N) is 1. The highest BCUT2D eigenvalue weighted by atomic mass is 16.5. The molecule has 1 unspecified atom stereocenters. The Kier molecular flexibility index (Phi) is 7.07. The minimum Gasteiger partial charge on any atom is -0.497 e. The van der Waals surface area contributed by atoms with Crippen molar-refractivity contribution in [2.75, 3.05) is 7.11 Å². The Morgan fingerprint density at radius 3 is 2.37 bits per heavy atom. The molecule has 0 spiro atoms. The Balaban J connectivity index is 1.46. The van der Waals surface area contributed by atoms with Gasteiger partial charge in [0, 0.05) is 17.5 Å². The Hall–Kier alpha value is -4.65. The number of carbonyl (C=O) groups is 2. The number of benzene rings is 3. The fourth-order valence-electron chi connectivity index (χ4n) is 3.44. The van der Waals surface area contributed by atoms with Crippen LogP contribution in [0.2, 0.25) is 0 Å². The van der Waals surface area contributed by atoms with Crippen LogP contribution in [0.15, 0.2) is 94.2 Å². The number of fused-ring (bicyclic) bond motifs is 1. The van der Waals surface area contributed by atoms with Crippen LogP contribution in [0.25, 0.3) is 17.0 Å². The first kappa shape index (κ1) is 23.5. The number of hydrogen-bond donors (Lipinski definition) is 1. The highest BCUT2D eigenvalue weighted by Gasteiger charge is 2.17. The fraction of sp³-hybridized carbons (Fsp3) is 0.107. The predicted octanol–water partition coefficient (Wildman–Crippen LogP) is 4.91. The monoisotopic (exact) mass is 469 g/mol. The molecule has 0 saturated carbocycles. The van der Waals surface area contributed by atoms with Gasteiger partial charge in [-0.3, -0.25) is 4.79 Å². The zero-order chi connectivity index (χ0) is 24.8. The van der Waals surface area contributed by atoms with Crippen molar-refractivity contribution in [2.45, 2.75) is 13.0 Å². The largest absolute Gasteiger partial charge is 0.497 e. The summed E-state index contributed by atoms with van der Waals surface area (Å²) in [7, 11) is 1.58. The van der Waals surface area contributed by atoms with Crippen molar-refractivity contribution in [3.8, 4) is 11.5 Å². The molecule has 7 nitrogen and oxygen atoms in total. The average Bonchev–Trinajstić information content (AvgIpc) is 2.87. The number of carbonyl (C=O) groups excluding carboxylic acids is 2. The second kappa shape index (κ2) is 10.5. The van der Waals surface area contributed by atoms with Gasteiger partial charge in [0.1, 0.15) is 22.6 Å². The lowest BCUT2D eigenvalue weighted by atomic mass is 10.1. The number of hydrogen-bond acceptors (Lipinski definition) is 6. The van der Waals surface area contributed by atoms with E-state index in [0.29, 0.717) is 11.1 Å². The molecule has 4 aromatic rings. The molecule has 0 aliphatic heterocycles. The van der Waals surface area contributed by atoms with Crippen molar-refractivity contribution in [1.29, 1.82) is 0 Å². The van der Waals surface area contributed by atoms with Crippen molar-refractivity contribution in [3.05, 3.63) is 112 Å². The maximum absolute atomic E-state index is 12.7. The second-order valence-electron chi connectivity index (χ2n) is 7.78. The van der Waals surface area contributed by atoms with Crippen molar-refractivity contribution in [3.63, 3.8) is 0 Å². The van der Waals surface area contributed by atoms with Crippen LogP contribution >= 0.6 is 0 Å². The zero-order valence-corrected chi connectivity index (χ0v) is 19.2. The molecule has 1 heterocycles. The molecule has 0 fully saturated rings. The molecule has 0 aliphatic carbocycles. The van der Waals surface area contributed by atoms with Crippen LogP contribution in [-0.4, -0.2) is 19.0 Å². The van der Waals surface area contributed by atoms with E-state index in [0.717, 1.165) is 11.1 Å². The molecule has 176 valence electrons.